The number of likely N-dealkylation sites (N-methyl/N-ethyl adjacent to an activating group) is 1. The molecule has 0 aromatic heterocycles. The third-order valence-electron chi connectivity index (χ3n) is 3.28. The molecule has 1 aromatic carbocycles. The number of rotatable bonds is 6. The largest absolute Gasteiger partial charge is 0.298 e. The van der Waals surface area contributed by atoms with Gasteiger partial charge in [0.05, 0.1) is 0 Å². The molecule has 1 aromatic rings. The zero-order valence-electron chi connectivity index (χ0n) is 15.1. The minimum Gasteiger partial charge on any atom is -0.298 e. The van der Waals surface area contributed by atoms with E-state index in [0.717, 1.165) is 19.5 Å². The van der Waals surface area contributed by atoms with Gasteiger partial charge in [0, 0.05) is 18.5 Å². The van der Waals surface area contributed by atoms with Crippen molar-refractivity contribution in [3.8, 4) is 11.8 Å². The summed E-state index contributed by atoms with van der Waals surface area (Å²) in [5.74, 6) is 6.31. The molecule has 0 aliphatic carbocycles. The van der Waals surface area contributed by atoms with Gasteiger partial charge in [-0.3, -0.25) is 4.90 Å². The fraction of sp³-hybridized carbons (Fsp3) is 0.429. The van der Waals surface area contributed by atoms with Crippen LogP contribution in [0.3, 0.4) is 0 Å². The van der Waals surface area contributed by atoms with Crippen LogP contribution in [0.15, 0.2) is 43.0 Å². The first kappa shape index (κ1) is 21.5. The second-order valence-corrected chi connectivity index (χ2v) is 6.78. The normalized spacial score (nSPS) is 11.0. The maximum absolute atomic E-state index is 4.11. The summed E-state index contributed by atoms with van der Waals surface area (Å²) in [6.07, 6.45) is 5.07. The third-order valence-corrected chi connectivity index (χ3v) is 3.28. The van der Waals surface area contributed by atoms with E-state index in [-0.39, 0.29) is 17.8 Å². The Morgan fingerprint density at radius 1 is 1.30 bits per heavy atom. The van der Waals surface area contributed by atoms with Gasteiger partial charge in [-0.05, 0) is 57.0 Å². The lowest BCUT2D eigenvalue weighted by atomic mass is 9.98. The molecule has 0 unspecified atom stereocenters. The lowest BCUT2D eigenvalue weighted by Gasteiger charge is -2.15. The third kappa shape index (κ3) is 9.29. The fourth-order valence-corrected chi connectivity index (χ4v) is 2.02. The SMILES string of the molecule is C=C(CC)c1cccc(CN(C)C/C=C/C#CC(C)(C)C)c1.Cl. The monoisotopic (exact) mass is 331 g/mol. The molecular formula is C21H30ClN. The van der Waals surface area contributed by atoms with Gasteiger partial charge in [0.15, 0.2) is 0 Å². The minimum absolute atomic E-state index is 0. The van der Waals surface area contributed by atoms with E-state index in [9.17, 15) is 0 Å². The van der Waals surface area contributed by atoms with E-state index in [1.54, 1.807) is 0 Å². The van der Waals surface area contributed by atoms with Crippen molar-refractivity contribution in [2.75, 3.05) is 13.6 Å². The van der Waals surface area contributed by atoms with Gasteiger partial charge in [0.25, 0.3) is 0 Å². The van der Waals surface area contributed by atoms with E-state index in [4.69, 9.17) is 0 Å². The standard InChI is InChI=1S/C21H29N.ClH/c1-7-18(2)20-13-11-12-19(16-20)17-22(6)15-10-8-9-14-21(3,4)5;/h8,10-13,16H,2,7,15,17H2,1,3-6H3;1H/b10-8+;. The second kappa shape index (κ2) is 10.3. The van der Waals surface area contributed by atoms with Gasteiger partial charge in [-0.15, -0.1) is 12.4 Å². The molecule has 0 N–H and O–H groups in total. The predicted octanol–water partition coefficient (Wildman–Crippen LogP) is 5.57. The Hall–Kier alpha value is -1.49. The van der Waals surface area contributed by atoms with Crippen molar-refractivity contribution in [1.29, 1.82) is 0 Å². The van der Waals surface area contributed by atoms with Crippen molar-refractivity contribution >= 4 is 18.0 Å². The average molecular weight is 332 g/mol. The summed E-state index contributed by atoms with van der Waals surface area (Å²) < 4.78 is 0. The Morgan fingerprint density at radius 2 is 2.00 bits per heavy atom. The smallest absolute Gasteiger partial charge is 0.0234 e. The van der Waals surface area contributed by atoms with Crippen LogP contribution in [0, 0.1) is 17.3 Å². The molecule has 1 rings (SSSR count). The summed E-state index contributed by atoms with van der Waals surface area (Å²) in [7, 11) is 2.13. The fourth-order valence-electron chi connectivity index (χ4n) is 2.02. The Labute approximate surface area is 148 Å². The lowest BCUT2D eigenvalue weighted by Crippen LogP contribution is -2.17. The first-order chi connectivity index (χ1) is 10.3. The zero-order chi connectivity index (χ0) is 16.6. The first-order valence-corrected chi connectivity index (χ1v) is 7.95. The summed E-state index contributed by atoms with van der Waals surface area (Å²) in [6, 6.07) is 8.67. The van der Waals surface area contributed by atoms with Gasteiger partial charge < -0.3 is 0 Å². The summed E-state index contributed by atoms with van der Waals surface area (Å²) in [4.78, 5) is 2.28. The molecule has 23 heavy (non-hydrogen) atoms. The van der Waals surface area contributed by atoms with E-state index in [2.05, 4.69) is 88.4 Å². The maximum atomic E-state index is 4.11. The van der Waals surface area contributed by atoms with Crippen molar-refractivity contribution in [1.82, 2.24) is 4.90 Å². The highest BCUT2D eigenvalue weighted by molar-refractivity contribution is 5.85. The van der Waals surface area contributed by atoms with Crippen LogP contribution in [0.1, 0.15) is 45.2 Å². The highest BCUT2D eigenvalue weighted by Gasteiger charge is 2.03. The molecule has 2 heteroatoms. The van der Waals surface area contributed by atoms with Gasteiger partial charge in [0.2, 0.25) is 0 Å². The molecule has 1 nitrogen and oxygen atoms in total. The molecule has 0 atom stereocenters. The van der Waals surface area contributed by atoms with Crippen LogP contribution < -0.4 is 0 Å². The van der Waals surface area contributed by atoms with Crippen molar-refractivity contribution in [2.45, 2.75) is 40.7 Å². The van der Waals surface area contributed by atoms with Crippen LogP contribution in [0.25, 0.3) is 5.57 Å². The number of halogens is 1. The van der Waals surface area contributed by atoms with Crippen molar-refractivity contribution in [2.24, 2.45) is 5.41 Å². The minimum atomic E-state index is 0. The van der Waals surface area contributed by atoms with Crippen LogP contribution >= 0.6 is 12.4 Å². The highest BCUT2D eigenvalue weighted by atomic mass is 35.5. The molecule has 0 radical (unpaired) electrons. The molecule has 0 spiro atoms. The van der Waals surface area contributed by atoms with Crippen LogP contribution in [0.2, 0.25) is 0 Å². The Balaban J connectivity index is 0.00000484. The molecule has 0 saturated heterocycles. The predicted molar refractivity (Wildman–Crippen MR) is 106 cm³/mol. The van der Waals surface area contributed by atoms with Crippen molar-refractivity contribution in [3.63, 3.8) is 0 Å². The molecule has 126 valence electrons. The van der Waals surface area contributed by atoms with E-state index >= 15 is 0 Å². The van der Waals surface area contributed by atoms with Gasteiger partial charge in [-0.25, -0.2) is 0 Å². The van der Waals surface area contributed by atoms with Crippen molar-refractivity contribution < 1.29 is 0 Å². The van der Waals surface area contributed by atoms with Crippen LogP contribution in [-0.2, 0) is 6.54 Å². The summed E-state index contributed by atoms with van der Waals surface area (Å²) in [6.45, 7) is 14.5. The topological polar surface area (TPSA) is 3.24 Å². The summed E-state index contributed by atoms with van der Waals surface area (Å²) in [5.41, 5.74) is 3.84. The van der Waals surface area contributed by atoms with Gasteiger partial charge >= 0.3 is 0 Å². The number of hydrogen-bond donors (Lipinski definition) is 0. The number of benzene rings is 1. The summed E-state index contributed by atoms with van der Waals surface area (Å²) >= 11 is 0. The van der Waals surface area contributed by atoms with Gasteiger partial charge in [0.1, 0.15) is 0 Å². The van der Waals surface area contributed by atoms with E-state index < -0.39 is 0 Å². The molecule has 0 saturated carbocycles. The van der Waals surface area contributed by atoms with E-state index in [1.807, 2.05) is 6.08 Å². The van der Waals surface area contributed by atoms with Crippen LogP contribution in [-0.4, -0.2) is 18.5 Å². The number of allylic oxidation sites excluding steroid dienone is 2. The molecule has 0 aliphatic rings. The van der Waals surface area contributed by atoms with E-state index in [0.29, 0.717) is 0 Å². The number of nitrogens with zero attached hydrogens (tertiary/aromatic N) is 1. The molecule has 0 heterocycles. The van der Waals surface area contributed by atoms with Gasteiger partial charge in [-0.2, -0.15) is 0 Å². The average Bonchev–Trinajstić information content (AvgIpc) is 2.45. The first-order valence-electron chi connectivity index (χ1n) is 7.95. The zero-order valence-corrected chi connectivity index (χ0v) is 16.0. The maximum Gasteiger partial charge on any atom is 0.0234 e. The Bertz CT molecular complexity index is 582. The molecular weight excluding hydrogens is 302 g/mol. The Kier molecular flexibility index (Phi) is 9.65. The number of hydrogen-bond acceptors (Lipinski definition) is 1. The highest BCUT2D eigenvalue weighted by Crippen LogP contribution is 2.17. The summed E-state index contributed by atoms with van der Waals surface area (Å²) in [5, 5.41) is 0. The van der Waals surface area contributed by atoms with E-state index in [1.165, 1.54) is 16.7 Å². The second-order valence-electron chi connectivity index (χ2n) is 6.78. The molecule has 0 aliphatic heterocycles. The van der Waals surface area contributed by atoms with Gasteiger partial charge in [-0.1, -0.05) is 55.7 Å². The lowest BCUT2D eigenvalue weighted by molar-refractivity contribution is 0.363. The van der Waals surface area contributed by atoms with Crippen LogP contribution in [0.5, 0.6) is 0 Å². The molecule has 0 amide bonds. The quantitative estimate of drug-likeness (QED) is 0.616. The Morgan fingerprint density at radius 3 is 2.61 bits per heavy atom. The molecule has 0 fully saturated rings. The van der Waals surface area contributed by atoms with Crippen LogP contribution in [0.4, 0.5) is 0 Å². The van der Waals surface area contributed by atoms with Crippen molar-refractivity contribution in [3.05, 3.63) is 54.1 Å². The molecule has 0 bridgehead atoms.